The maximum Gasteiger partial charge on any atom is 0.161 e. The van der Waals surface area contributed by atoms with Gasteiger partial charge >= 0.3 is 0 Å². The van der Waals surface area contributed by atoms with E-state index in [0.29, 0.717) is 12.6 Å². The fourth-order valence-electron chi connectivity index (χ4n) is 2.51. The Kier molecular flexibility index (Phi) is 7.37. The Hall–Kier alpha value is -2.26. The lowest BCUT2D eigenvalue weighted by molar-refractivity contribution is 0.326. The van der Waals surface area contributed by atoms with Crippen LogP contribution in [0.3, 0.4) is 0 Å². The molecule has 0 saturated carbocycles. The van der Waals surface area contributed by atoms with Gasteiger partial charge in [0, 0.05) is 12.6 Å². The van der Waals surface area contributed by atoms with Gasteiger partial charge in [0.05, 0.1) is 7.11 Å². The van der Waals surface area contributed by atoms with Gasteiger partial charge in [-0.25, -0.2) is 0 Å². The van der Waals surface area contributed by atoms with Crippen molar-refractivity contribution in [3.8, 4) is 11.5 Å². The third-order valence-corrected chi connectivity index (χ3v) is 3.95. The van der Waals surface area contributed by atoms with Crippen LogP contribution in [-0.4, -0.2) is 19.8 Å². The van der Waals surface area contributed by atoms with Crippen molar-refractivity contribution in [3.63, 3.8) is 0 Å². The summed E-state index contributed by atoms with van der Waals surface area (Å²) in [6.45, 7) is 7.18. The summed E-state index contributed by atoms with van der Waals surface area (Å²) in [5.74, 6) is 1.51. The lowest BCUT2D eigenvalue weighted by Crippen LogP contribution is -2.26. The quantitative estimate of drug-likeness (QED) is 0.658. The molecule has 2 aromatic carbocycles. The van der Waals surface area contributed by atoms with Gasteiger partial charge in [0.25, 0.3) is 0 Å². The van der Waals surface area contributed by atoms with E-state index >= 15 is 0 Å². The van der Waals surface area contributed by atoms with Crippen LogP contribution < -0.4 is 14.8 Å². The first-order valence-electron chi connectivity index (χ1n) is 8.41. The number of aryl methyl sites for hydroxylation is 1. The number of hydrogen-bond donors (Lipinski definition) is 1. The van der Waals surface area contributed by atoms with Crippen LogP contribution in [0.15, 0.2) is 61.2 Å². The van der Waals surface area contributed by atoms with Gasteiger partial charge in [0.2, 0.25) is 0 Å². The van der Waals surface area contributed by atoms with Gasteiger partial charge in [0.15, 0.2) is 11.5 Å². The van der Waals surface area contributed by atoms with Gasteiger partial charge < -0.3 is 14.8 Å². The molecule has 3 nitrogen and oxygen atoms in total. The highest BCUT2D eigenvalue weighted by Gasteiger charge is 2.07. The Bertz CT molecular complexity index is 625. The number of benzene rings is 2. The zero-order chi connectivity index (χ0) is 17.2. The lowest BCUT2D eigenvalue weighted by atomic mass is 10.1. The first kappa shape index (κ1) is 18.1. The average molecular weight is 325 g/mol. The summed E-state index contributed by atoms with van der Waals surface area (Å²) in [5.41, 5.74) is 2.57. The molecule has 2 rings (SSSR count). The van der Waals surface area contributed by atoms with Crippen LogP contribution in [0, 0.1) is 0 Å². The maximum absolute atomic E-state index is 5.58. The van der Waals surface area contributed by atoms with Crippen LogP contribution in [0.4, 0.5) is 0 Å². The van der Waals surface area contributed by atoms with Gasteiger partial charge in [-0.1, -0.05) is 49.1 Å². The van der Waals surface area contributed by atoms with E-state index in [9.17, 15) is 0 Å². The van der Waals surface area contributed by atoms with Crippen LogP contribution in [0.2, 0.25) is 0 Å². The molecule has 2 aromatic rings. The normalized spacial score (nSPS) is 11.8. The van der Waals surface area contributed by atoms with Crippen molar-refractivity contribution >= 4 is 0 Å². The molecule has 0 bridgehead atoms. The molecule has 0 aliphatic rings. The minimum absolute atomic E-state index is 0.452. The van der Waals surface area contributed by atoms with E-state index in [1.807, 2.05) is 12.1 Å². The van der Waals surface area contributed by atoms with E-state index in [2.05, 4.69) is 55.2 Å². The van der Waals surface area contributed by atoms with E-state index in [0.717, 1.165) is 30.9 Å². The van der Waals surface area contributed by atoms with Crippen LogP contribution in [0.25, 0.3) is 0 Å². The summed E-state index contributed by atoms with van der Waals surface area (Å²) in [6, 6.07) is 17.1. The van der Waals surface area contributed by atoms with Crippen molar-refractivity contribution in [1.29, 1.82) is 0 Å². The Morgan fingerprint density at radius 2 is 1.88 bits per heavy atom. The highest BCUT2D eigenvalue weighted by molar-refractivity contribution is 5.43. The van der Waals surface area contributed by atoms with Crippen molar-refractivity contribution in [2.45, 2.75) is 32.4 Å². The topological polar surface area (TPSA) is 30.5 Å². The van der Waals surface area contributed by atoms with Crippen molar-refractivity contribution in [2.24, 2.45) is 0 Å². The fraction of sp³-hybridized carbons (Fsp3) is 0.333. The molecule has 1 N–H and O–H groups in total. The number of rotatable bonds is 10. The highest BCUT2D eigenvalue weighted by atomic mass is 16.5. The Morgan fingerprint density at radius 3 is 2.58 bits per heavy atom. The van der Waals surface area contributed by atoms with E-state index < -0.39 is 0 Å². The van der Waals surface area contributed by atoms with Crippen molar-refractivity contribution < 1.29 is 9.47 Å². The second kappa shape index (κ2) is 9.78. The van der Waals surface area contributed by atoms with Crippen LogP contribution in [-0.2, 0) is 13.0 Å². The predicted octanol–water partition coefficient (Wildman–Crippen LogP) is 4.37. The van der Waals surface area contributed by atoms with Gasteiger partial charge in [-0.3, -0.25) is 0 Å². The molecule has 0 spiro atoms. The molecule has 0 heterocycles. The summed E-state index contributed by atoms with van der Waals surface area (Å²) in [5, 5.41) is 3.57. The van der Waals surface area contributed by atoms with Crippen LogP contribution in [0.5, 0.6) is 11.5 Å². The molecular formula is C21H27NO2. The first-order valence-corrected chi connectivity index (χ1v) is 8.41. The molecule has 0 unspecified atom stereocenters. The zero-order valence-electron chi connectivity index (χ0n) is 14.6. The highest BCUT2D eigenvalue weighted by Crippen LogP contribution is 2.28. The molecule has 0 aliphatic carbocycles. The van der Waals surface area contributed by atoms with E-state index in [-0.39, 0.29) is 0 Å². The molecule has 0 aromatic heterocycles. The Balaban J connectivity index is 1.83. The van der Waals surface area contributed by atoms with Crippen molar-refractivity contribution in [3.05, 3.63) is 72.3 Å². The van der Waals surface area contributed by atoms with Crippen LogP contribution in [0.1, 0.15) is 24.5 Å². The number of hydrogen-bond acceptors (Lipinski definition) is 3. The smallest absolute Gasteiger partial charge is 0.161 e. The van der Waals surface area contributed by atoms with Gasteiger partial charge in [-0.05, 0) is 43.0 Å². The summed E-state index contributed by atoms with van der Waals surface area (Å²) in [7, 11) is 1.66. The molecule has 128 valence electrons. The standard InChI is InChI=1S/C21H27NO2/c1-4-14-24-20-13-12-19(15-21(20)23-3)16-22-17(2)10-11-18-8-6-5-7-9-18/h4-9,12-13,15,17,22H,1,10-11,14,16H2,2-3H3/t17-/m0/s1. The number of methoxy groups -OCH3 is 1. The molecule has 24 heavy (non-hydrogen) atoms. The molecule has 0 amide bonds. The lowest BCUT2D eigenvalue weighted by Gasteiger charge is -2.15. The first-order chi connectivity index (χ1) is 11.7. The summed E-state index contributed by atoms with van der Waals surface area (Å²) >= 11 is 0. The zero-order valence-corrected chi connectivity index (χ0v) is 14.6. The SMILES string of the molecule is C=CCOc1ccc(CN[C@@H](C)CCc2ccccc2)cc1OC. The third kappa shape index (κ3) is 5.74. The molecular weight excluding hydrogens is 298 g/mol. The van der Waals surface area contributed by atoms with E-state index in [4.69, 9.17) is 9.47 Å². The molecule has 0 saturated heterocycles. The molecule has 1 atom stereocenters. The molecule has 0 radical (unpaired) electrons. The monoisotopic (exact) mass is 325 g/mol. The number of nitrogens with one attached hydrogen (secondary N) is 1. The van der Waals surface area contributed by atoms with E-state index in [1.165, 1.54) is 11.1 Å². The average Bonchev–Trinajstić information content (AvgIpc) is 2.64. The molecule has 0 fully saturated rings. The van der Waals surface area contributed by atoms with Crippen molar-refractivity contribution in [1.82, 2.24) is 5.32 Å². The van der Waals surface area contributed by atoms with Gasteiger partial charge in [0.1, 0.15) is 6.61 Å². The maximum atomic E-state index is 5.58. The fourth-order valence-corrected chi connectivity index (χ4v) is 2.51. The van der Waals surface area contributed by atoms with Crippen LogP contribution >= 0.6 is 0 Å². The molecule has 0 aliphatic heterocycles. The summed E-state index contributed by atoms with van der Waals surface area (Å²) < 4.78 is 11.0. The van der Waals surface area contributed by atoms with Gasteiger partial charge in [-0.15, -0.1) is 0 Å². The largest absolute Gasteiger partial charge is 0.493 e. The predicted molar refractivity (Wildman–Crippen MR) is 99.8 cm³/mol. The second-order valence-corrected chi connectivity index (χ2v) is 5.89. The molecule has 3 heteroatoms. The minimum Gasteiger partial charge on any atom is -0.493 e. The minimum atomic E-state index is 0.452. The van der Waals surface area contributed by atoms with Gasteiger partial charge in [-0.2, -0.15) is 0 Å². The van der Waals surface area contributed by atoms with E-state index in [1.54, 1.807) is 13.2 Å². The second-order valence-electron chi connectivity index (χ2n) is 5.89. The third-order valence-electron chi connectivity index (χ3n) is 3.95. The Morgan fingerprint density at radius 1 is 1.08 bits per heavy atom. The summed E-state index contributed by atoms with van der Waals surface area (Å²) in [6.07, 6.45) is 3.93. The Labute approximate surface area is 145 Å². The summed E-state index contributed by atoms with van der Waals surface area (Å²) in [4.78, 5) is 0. The number of ether oxygens (including phenoxy) is 2. The van der Waals surface area contributed by atoms with Crippen molar-refractivity contribution in [2.75, 3.05) is 13.7 Å².